The van der Waals surface area contributed by atoms with E-state index in [-0.39, 0.29) is 24.9 Å². The number of benzene rings is 1. The van der Waals surface area contributed by atoms with E-state index in [0.717, 1.165) is 21.7 Å². The number of amides is 3. The number of thiazole rings is 1. The Labute approximate surface area is 246 Å². The molecule has 0 spiro atoms. The quantitative estimate of drug-likeness (QED) is 0.336. The molecule has 1 fully saturated rings. The van der Waals surface area contributed by atoms with Crippen LogP contribution in [0.3, 0.4) is 0 Å². The summed E-state index contributed by atoms with van der Waals surface area (Å²) in [5.74, 6) is -1.19. The number of carbonyl (C=O) groups is 3. The molecule has 0 aliphatic carbocycles. The van der Waals surface area contributed by atoms with Gasteiger partial charge in [-0.1, -0.05) is 45.0 Å². The number of rotatable bonds is 7. The average Bonchev–Trinajstić information content (AvgIpc) is 3.51. The Morgan fingerprint density at radius 2 is 1.82 bits per heavy atom. The molecule has 0 saturated carbocycles. The normalized spacial score (nSPS) is 18.7. The van der Waals surface area contributed by atoms with Gasteiger partial charge >= 0.3 is 0 Å². The van der Waals surface area contributed by atoms with E-state index >= 15 is 0 Å². The van der Waals surface area contributed by atoms with Crippen LogP contribution in [0, 0.1) is 12.3 Å². The first-order valence-electron chi connectivity index (χ1n) is 13.1. The maximum Gasteiger partial charge on any atom is 0.252 e. The Balaban J connectivity index is 1.48. The molecule has 1 aromatic carbocycles. The molecule has 1 aliphatic rings. The zero-order valence-electron chi connectivity index (χ0n) is 23.1. The Morgan fingerprint density at radius 1 is 1.12 bits per heavy atom. The molecule has 3 amide bonds. The molecule has 2 aromatic heterocycles. The number of aliphatic hydroxyl groups excluding tert-OH is 1. The summed E-state index contributed by atoms with van der Waals surface area (Å²) in [6.07, 6.45) is 0.777. The van der Waals surface area contributed by atoms with E-state index in [9.17, 15) is 19.5 Å². The van der Waals surface area contributed by atoms with Gasteiger partial charge in [-0.15, -0.1) is 11.3 Å². The highest BCUT2D eigenvalue weighted by molar-refractivity contribution is 9.10. The number of β-amino-alcohol motifs (C(OH)–C–C–N with tert-alkyl or cyclic N) is 1. The van der Waals surface area contributed by atoms with Crippen molar-refractivity contribution in [2.75, 3.05) is 6.54 Å². The summed E-state index contributed by atoms with van der Waals surface area (Å²) in [6, 6.07) is 8.98. The first-order chi connectivity index (χ1) is 18.8. The number of aryl methyl sites for hydroxylation is 1. The summed E-state index contributed by atoms with van der Waals surface area (Å²) in [5.41, 5.74) is 4.47. The van der Waals surface area contributed by atoms with Crippen LogP contribution in [0.1, 0.15) is 61.8 Å². The molecule has 0 bridgehead atoms. The van der Waals surface area contributed by atoms with Crippen molar-refractivity contribution in [3.8, 4) is 10.4 Å². The van der Waals surface area contributed by atoms with Crippen LogP contribution >= 0.6 is 27.3 Å². The molecular formula is C29H34BrN5O4S. The van der Waals surface area contributed by atoms with Crippen LogP contribution in [0.25, 0.3) is 10.4 Å². The zero-order chi connectivity index (χ0) is 29.2. The van der Waals surface area contributed by atoms with E-state index in [1.165, 1.54) is 11.1 Å². The first kappa shape index (κ1) is 29.8. The van der Waals surface area contributed by atoms with Gasteiger partial charge < -0.3 is 20.6 Å². The monoisotopic (exact) mass is 627 g/mol. The highest BCUT2D eigenvalue weighted by Crippen LogP contribution is 2.29. The molecular weight excluding hydrogens is 594 g/mol. The third-order valence-electron chi connectivity index (χ3n) is 7.02. The molecule has 1 aliphatic heterocycles. The predicted molar refractivity (Wildman–Crippen MR) is 158 cm³/mol. The number of pyridine rings is 1. The zero-order valence-corrected chi connectivity index (χ0v) is 25.5. The number of aromatic nitrogens is 2. The molecule has 3 heterocycles. The number of carbonyl (C=O) groups excluding carboxylic acids is 3. The summed E-state index contributed by atoms with van der Waals surface area (Å²) < 4.78 is 0.501. The van der Waals surface area contributed by atoms with Crippen molar-refractivity contribution in [3.63, 3.8) is 0 Å². The van der Waals surface area contributed by atoms with E-state index in [1.807, 2.05) is 64.4 Å². The molecule has 2 unspecified atom stereocenters. The maximum atomic E-state index is 13.8. The number of aliphatic hydroxyl groups is 1. The standard InChI is InChI=1S/C29H34BrN5O4S/c1-16(18-6-8-19(9-7-18)24-17(2)32-15-40-24)33-27(38)22-13-21(36)14-35(22)28(39)25(29(3,4)5)34-26(37)20-10-11-31-23(30)12-20/h6-12,15-16,21-22,25,36H,13-14H2,1-5H3,(H,33,38)(H,34,37)/t16?,21-,22+,25?/m1/s1. The summed E-state index contributed by atoms with van der Waals surface area (Å²) in [4.78, 5) is 51.1. The second-order valence-electron chi connectivity index (χ2n) is 11.2. The van der Waals surface area contributed by atoms with Crippen molar-refractivity contribution in [3.05, 3.63) is 69.5 Å². The van der Waals surface area contributed by atoms with Gasteiger partial charge in [-0.2, -0.15) is 0 Å². The number of halogens is 1. The second kappa shape index (κ2) is 12.2. The first-order valence-corrected chi connectivity index (χ1v) is 14.7. The minimum Gasteiger partial charge on any atom is -0.391 e. The van der Waals surface area contributed by atoms with Crippen LogP contribution in [0.15, 0.2) is 52.7 Å². The van der Waals surface area contributed by atoms with E-state index in [2.05, 4.69) is 36.5 Å². The summed E-state index contributed by atoms with van der Waals surface area (Å²) in [7, 11) is 0. The minimum atomic E-state index is -0.923. The lowest BCUT2D eigenvalue weighted by Gasteiger charge is -2.35. The van der Waals surface area contributed by atoms with Crippen LogP contribution in [0.4, 0.5) is 0 Å². The molecule has 4 atom stereocenters. The van der Waals surface area contributed by atoms with E-state index in [0.29, 0.717) is 10.2 Å². The van der Waals surface area contributed by atoms with Crippen LogP contribution in [-0.2, 0) is 9.59 Å². The Hall–Kier alpha value is -3.15. The topological polar surface area (TPSA) is 125 Å². The van der Waals surface area contributed by atoms with Crippen LogP contribution in [0.2, 0.25) is 0 Å². The molecule has 4 rings (SSSR count). The van der Waals surface area contributed by atoms with Crippen LogP contribution in [0.5, 0.6) is 0 Å². The second-order valence-corrected chi connectivity index (χ2v) is 12.8. The lowest BCUT2D eigenvalue weighted by Crippen LogP contribution is -2.57. The largest absolute Gasteiger partial charge is 0.391 e. The summed E-state index contributed by atoms with van der Waals surface area (Å²) >= 11 is 4.84. The minimum absolute atomic E-state index is 0.0114. The lowest BCUT2D eigenvalue weighted by molar-refractivity contribution is -0.142. The van der Waals surface area contributed by atoms with E-state index in [4.69, 9.17) is 0 Å². The average molecular weight is 629 g/mol. The molecule has 212 valence electrons. The van der Waals surface area contributed by atoms with Gasteiger partial charge in [0.15, 0.2) is 0 Å². The molecule has 0 radical (unpaired) electrons. The van der Waals surface area contributed by atoms with Gasteiger partial charge in [0.1, 0.15) is 16.7 Å². The van der Waals surface area contributed by atoms with Crippen molar-refractivity contribution in [1.82, 2.24) is 25.5 Å². The van der Waals surface area contributed by atoms with Crippen LogP contribution in [-0.4, -0.2) is 62.4 Å². The SMILES string of the molecule is Cc1ncsc1-c1ccc(C(C)NC(=O)[C@@H]2C[C@@H](O)CN2C(=O)C(NC(=O)c2ccnc(Br)c2)C(C)(C)C)cc1. The van der Waals surface area contributed by atoms with Crippen molar-refractivity contribution in [2.45, 2.75) is 65.3 Å². The smallest absolute Gasteiger partial charge is 0.252 e. The maximum absolute atomic E-state index is 13.8. The van der Waals surface area contributed by atoms with Crippen molar-refractivity contribution >= 4 is 45.0 Å². The molecule has 9 nitrogen and oxygen atoms in total. The molecule has 40 heavy (non-hydrogen) atoms. The Bertz CT molecular complexity index is 1390. The van der Waals surface area contributed by atoms with Gasteiger partial charge in [0.05, 0.1) is 28.2 Å². The van der Waals surface area contributed by atoms with Crippen molar-refractivity contribution in [2.24, 2.45) is 5.41 Å². The highest BCUT2D eigenvalue weighted by Gasteiger charge is 2.44. The van der Waals surface area contributed by atoms with Gasteiger partial charge in [0.25, 0.3) is 5.91 Å². The summed E-state index contributed by atoms with van der Waals surface area (Å²) in [5, 5.41) is 16.3. The van der Waals surface area contributed by atoms with Gasteiger partial charge in [-0.25, -0.2) is 9.97 Å². The predicted octanol–water partition coefficient (Wildman–Crippen LogP) is 4.26. The van der Waals surface area contributed by atoms with Gasteiger partial charge in [0.2, 0.25) is 11.8 Å². The van der Waals surface area contributed by atoms with E-state index < -0.39 is 35.4 Å². The fraction of sp³-hybridized carbons (Fsp3) is 0.414. The van der Waals surface area contributed by atoms with Gasteiger partial charge in [-0.05, 0) is 58.5 Å². The number of nitrogens with one attached hydrogen (secondary N) is 2. The molecule has 3 N–H and O–H groups in total. The summed E-state index contributed by atoms with van der Waals surface area (Å²) in [6.45, 7) is 9.41. The van der Waals surface area contributed by atoms with Crippen molar-refractivity contribution < 1.29 is 19.5 Å². The number of hydrogen-bond acceptors (Lipinski definition) is 7. The van der Waals surface area contributed by atoms with E-state index in [1.54, 1.807) is 23.5 Å². The number of hydrogen-bond donors (Lipinski definition) is 3. The van der Waals surface area contributed by atoms with Crippen molar-refractivity contribution in [1.29, 1.82) is 0 Å². The fourth-order valence-electron chi connectivity index (χ4n) is 4.77. The molecule has 11 heteroatoms. The molecule has 3 aromatic rings. The van der Waals surface area contributed by atoms with Gasteiger partial charge in [0, 0.05) is 24.7 Å². The highest BCUT2D eigenvalue weighted by atomic mass is 79.9. The number of likely N-dealkylation sites (tertiary alicyclic amines) is 1. The van der Waals surface area contributed by atoms with Crippen LogP contribution < -0.4 is 10.6 Å². The van der Waals surface area contributed by atoms with Gasteiger partial charge in [-0.3, -0.25) is 14.4 Å². The number of nitrogens with zero attached hydrogens (tertiary/aromatic N) is 3. The molecule has 1 saturated heterocycles. The third kappa shape index (κ3) is 6.76. The lowest BCUT2D eigenvalue weighted by atomic mass is 9.85. The Kier molecular flexibility index (Phi) is 9.06. The Morgan fingerprint density at radius 3 is 2.42 bits per heavy atom. The third-order valence-corrected chi connectivity index (χ3v) is 8.43. The fourth-order valence-corrected chi connectivity index (χ4v) is 5.95.